The molecular weight excluding hydrogens is 516 g/mol. The molecule has 1 atom stereocenters. The Labute approximate surface area is 232 Å². The number of carbonyl (C=O) groups is 2. The summed E-state index contributed by atoms with van der Waals surface area (Å²) in [4.78, 5) is 30.2. The molecule has 3 rings (SSSR count). The molecule has 1 heterocycles. The molecule has 0 radical (unpaired) electrons. The number of rotatable bonds is 13. The van der Waals surface area contributed by atoms with Gasteiger partial charge < -0.3 is 37.1 Å². The molecule has 0 aliphatic rings. The highest BCUT2D eigenvalue weighted by atomic mass is 16.7. The normalized spacial score (nSPS) is 11.7. The molecule has 0 fully saturated rings. The van der Waals surface area contributed by atoms with Crippen molar-refractivity contribution in [3.05, 3.63) is 66.2 Å². The van der Waals surface area contributed by atoms with Crippen LogP contribution in [0.3, 0.4) is 0 Å². The highest BCUT2D eigenvalue weighted by Gasteiger charge is 2.16. The van der Waals surface area contributed by atoms with E-state index in [-0.39, 0.29) is 36.6 Å². The summed E-state index contributed by atoms with van der Waals surface area (Å²) in [5.41, 5.74) is 19.1. The van der Waals surface area contributed by atoms with Crippen molar-refractivity contribution in [3.8, 4) is 5.75 Å². The molecule has 212 valence electrons. The van der Waals surface area contributed by atoms with Crippen molar-refractivity contribution in [1.82, 2.24) is 4.98 Å². The number of aliphatic hydroxyl groups excluding tert-OH is 1. The zero-order valence-corrected chi connectivity index (χ0v) is 22.2. The van der Waals surface area contributed by atoms with Crippen molar-refractivity contribution in [2.24, 2.45) is 21.7 Å². The second kappa shape index (κ2) is 15.1. The number of anilines is 3. The molecule has 3 aromatic rings. The lowest BCUT2D eigenvalue weighted by atomic mass is 10.1. The van der Waals surface area contributed by atoms with Crippen LogP contribution < -0.4 is 32.2 Å². The summed E-state index contributed by atoms with van der Waals surface area (Å²) in [6, 6.07) is 16.1. The lowest BCUT2D eigenvalue weighted by molar-refractivity contribution is -0.117. The van der Waals surface area contributed by atoms with Gasteiger partial charge in [0, 0.05) is 12.6 Å². The summed E-state index contributed by atoms with van der Waals surface area (Å²) in [6.45, 7) is -0.0566. The molecule has 1 aromatic heterocycles. The number of ether oxygens (including phenoxy) is 2. The number of aromatic nitrogens is 1. The number of benzene rings is 2. The molecular formula is C27H34N8O5. The van der Waals surface area contributed by atoms with E-state index in [2.05, 4.69) is 20.5 Å². The highest BCUT2D eigenvalue weighted by Crippen LogP contribution is 2.30. The average Bonchev–Trinajstić information content (AvgIpc) is 2.96. The number of aliphatic hydroxyl groups is 1. The average molecular weight is 551 g/mol. The second-order valence-corrected chi connectivity index (χ2v) is 8.67. The van der Waals surface area contributed by atoms with Crippen LogP contribution >= 0.6 is 0 Å². The van der Waals surface area contributed by atoms with Gasteiger partial charge >= 0.3 is 6.09 Å². The van der Waals surface area contributed by atoms with Crippen molar-refractivity contribution in [2.45, 2.75) is 31.9 Å². The van der Waals surface area contributed by atoms with E-state index >= 15 is 0 Å². The maximum atomic E-state index is 12.5. The van der Waals surface area contributed by atoms with Gasteiger partial charge in [0.1, 0.15) is 17.2 Å². The van der Waals surface area contributed by atoms with E-state index in [0.717, 1.165) is 12.8 Å². The molecule has 0 spiro atoms. The van der Waals surface area contributed by atoms with Crippen LogP contribution in [0.4, 0.5) is 33.5 Å². The molecule has 40 heavy (non-hydrogen) atoms. The minimum absolute atomic E-state index is 0.0526. The second-order valence-electron chi connectivity index (χ2n) is 8.67. The number of hydrogen-bond donors (Lipinski definition) is 5. The number of unbranched alkanes of at least 4 members (excludes halogenated alkanes) is 1. The largest absolute Gasteiger partial charge is 0.455 e. The van der Waals surface area contributed by atoms with E-state index < -0.39 is 12.1 Å². The first kappa shape index (κ1) is 30.0. The predicted octanol–water partition coefficient (Wildman–Crippen LogP) is 3.58. The van der Waals surface area contributed by atoms with Crippen LogP contribution in [0, 0.1) is 0 Å². The predicted molar refractivity (Wildman–Crippen MR) is 152 cm³/mol. The van der Waals surface area contributed by atoms with E-state index in [1.54, 1.807) is 60.7 Å². The molecule has 2 amide bonds. The minimum Gasteiger partial charge on any atom is -0.455 e. The zero-order chi connectivity index (χ0) is 28.9. The van der Waals surface area contributed by atoms with Crippen LogP contribution in [0.15, 0.2) is 70.9 Å². The first-order chi connectivity index (χ1) is 19.3. The maximum absolute atomic E-state index is 12.5. The van der Waals surface area contributed by atoms with Gasteiger partial charge in [-0.25, -0.2) is 9.78 Å². The smallest absolute Gasteiger partial charge is 0.416 e. The topological polar surface area (TPSA) is 204 Å². The fourth-order valence-electron chi connectivity index (χ4n) is 3.56. The van der Waals surface area contributed by atoms with Crippen LogP contribution in [0.5, 0.6) is 5.75 Å². The Morgan fingerprint density at radius 3 is 2.52 bits per heavy atom. The fraction of sp³-hybridized carbons (Fsp3) is 0.296. The quantitative estimate of drug-likeness (QED) is 0.120. The number of carbonyl (C=O) groups excluding carboxylic acids is 2. The summed E-state index contributed by atoms with van der Waals surface area (Å²) in [7, 11) is 1.53. The number of pyridine rings is 1. The number of nitrogens with two attached hydrogens (primary N) is 3. The van der Waals surface area contributed by atoms with E-state index in [1.807, 2.05) is 0 Å². The zero-order valence-electron chi connectivity index (χ0n) is 22.2. The first-order valence-electron chi connectivity index (χ1n) is 12.6. The number of para-hydroxylation sites is 2. The van der Waals surface area contributed by atoms with Gasteiger partial charge in [-0.1, -0.05) is 36.8 Å². The number of nitrogen functional groups attached to an aromatic ring is 1. The summed E-state index contributed by atoms with van der Waals surface area (Å²) in [6.07, 6.45) is 1.40. The van der Waals surface area contributed by atoms with Gasteiger partial charge in [-0.2, -0.15) is 0 Å². The van der Waals surface area contributed by atoms with Crippen LogP contribution in [0.2, 0.25) is 0 Å². The summed E-state index contributed by atoms with van der Waals surface area (Å²) in [5.74, 6) is 0.245. The number of azo groups is 1. The number of nitrogens with one attached hydrogen (secondary N) is 1. The van der Waals surface area contributed by atoms with Gasteiger partial charge in [-0.15, -0.1) is 10.2 Å². The molecule has 13 nitrogen and oxygen atoms in total. The third-order valence-corrected chi connectivity index (χ3v) is 5.78. The Morgan fingerprint density at radius 2 is 1.77 bits per heavy atom. The van der Waals surface area contributed by atoms with Crippen LogP contribution in [-0.2, 0) is 16.1 Å². The molecule has 0 aliphatic carbocycles. The van der Waals surface area contributed by atoms with Gasteiger partial charge in [0.15, 0.2) is 11.6 Å². The van der Waals surface area contributed by atoms with E-state index in [4.69, 9.17) is 26.7 Å². The Balaban J connectivity index is 1.58. The SMILES string of the molecule is CN(C(=O)OCOc1ccccc1/N=N/c1ccc(NC(=O)[C@@H](N)CCCCN)nc1N)c1ccccc1CO. The molecule has 0 saturated heterocycles. The lowest BCUT2D eigenvalue weighted by Gasteiger charge is -2.19. The number of nitrogens with zero attached hydrogens (tertiary/aromatic N) is 4. The third-order valence-electron chi connectivity index (χ3n) is 5.78. The van der Waals surface area contributed by atoms with Crippen LogP contribution in [0.25, 0.3) is 0 Å². The Hall–Kier alpha value is -4.59. The molecule has 0 saturated carbocycles. The van der Waals surface area contributed by atoms with Gasteiger partial charge in [0.05, 0.1) is 18.3 Å². The maximum Gasteiger partial charge on any atom is 0.416 e. The van der Waals surface area contributed by atoms with Crippen molar-refractivity contribution in [2.75, 3.05) is 36.3 Å². The number of amides is 2. The van der Waals surface area contributed by atoms with E-state index in [1.165, 1.54) is 11.9 Å². The Morgan fingerprint density at radius 1 is 1.05 bits per heavy atom. The van der Waals surface area contributed by atoms with Crippen LogP contribution in [-0.4, -0.2) is 48.5 Å². The van der Waals surface area contributed by atoms with Crippen LogP contribution in [0.1, 0.15) is 24.8 Å². The molecule has 0 bridgehead atoms. The highest BCUT2D eigenvalue weighted by molar-refractivity contribution is 5.94. The van der Waals surface area contributed by atoms with Gasteiger partial charge in [0.25, 0.3) is 0 Å². The van der Waals surface area contributed by atoms with E-state index in [0.29, 0.717) is 35.7 Å². The Bertz CT molecular complexity index is 1320. The fourth-order valence-corrected chi connectivity index (χ4v) is 3.56. The summed E-state index contributed by atoms with van der Waals surface area (Å²) >= 11 is 0. The number of hydrogen-bond acceptors (Lipinski definition) is 11. The van der Waals surface area contributed by atoms with Gasteiger partial charge in [0.2, 0.25) is 12.7 Å². The molecule has 0 aliphatic heterocycles. The van der Waals surface area contributed by atoms with Crippen molar-refractivity contribution in [3.63, 3.8) is 0 Å². The lowest BCUT2D eigenvalue weighted by Crippen LogP contribution is -2.35. The van der Waals surface area contributed by atoms with Gasteiger partial charge in [-0.3, -0.25) is 9.69 Å². The van der Waals surface area contributed by atoms with Crippen molar-refractivity contribution in [1.29, 1.82) is 0 Å². The van der Waals surface area contributed by atoms with Crippen molar-refractivity contribution >= 4 is 40.7 Å². The van der Waals surface area contributed by atoms with E-state index in [9.17, 15) is 14.7 Å². The third kappa shape index (κ3) is 8.46. The molecule has 13 heteroatoms. The standard InChI is InChI=1S/C27H34N8O5/c1-35(22-11-4-2-8-18(22)16-36)27(38)40-17-39-23-12-5-3-10-20(23)33-34-21-13-14-24(31-25(21)30)32-26(37)19(29)9-6-7-15-28/h2-5,8,10-14,19,36H,6-7,9,15-17,28-29H2,1H3,(H3,30,31,32,37)/b34-33+/t19-/m0/s1. The summed E-state index contributed by atoms with van der Waals surface area (Å²) in [5, 5.41) is 20.5. The molecule has 8 N–H and O–H groups in total. The summed E-state index contributed by atoms with van der Waals surface area (Å²) < 4.78 is 10.8. The van der Waals surface area contributed by atoms with Crippen molar-refractivity contribution < 1.29 is 24.2 Å². The first-order valence-corrected chi connectivity index (χ1v) is 12.6. The monoisotopic (exact) mass is 550 g/mol. The van der Waals surface area contributed by atoms with Gasteiger partial charge in [-0.05, 0) is 49.7 Å². The Kier molecular flexibility index (Phi) is 11.3. The molecule has 2 aromatic carbocycles. The minimum atomic E-state index is -0.679. The molecule has 0 unspecified atom stereocenters.